The predicted molar refractivity (Wildman–Crippen MR) is 86.8 cm³/mol. The molecule has 2 heterocycles. The molecule has 0 amide bonds. The van der Waals surface area contributed by atoms with Crippen LogP contribution in [0.2, 0.25) is 0 Å². The summed E-state index contributed by atoms with van der Waals surface area (Å²) >= 11 is 0. The minimum absolute atomic E-state index is 0.222. The van der Waals surface area contributed by atoms with Crippen LogP contribution in [-0.4, -0.2) is 26.0 Å². The molecule has 0 saturated heterocycles. The van der Waals surface area contributed by atoms with Crippen LogP contribution in [0, 0.1) is 6.92 Å². The van der Waals surface area contributed by atoms with Crippen molar-refractivity contribution in [3.05, 3.63) is 60.0 Å². The number of pyridine rings is 1. The number of nitrogens with zero attached hydrogens (tertiary/aromatic N) is 3. The highest BCUT2D eigenvalue weighted by Crippen LogP contribution is 2.25. The van der Waals surface area contributed by atoms with E-state index in [0.717, 1.165) is 16.8 Å². The van der Waals surface area contributed by atoms with Crippen molar-refractivity contribution in [2.75, 3.05) is 5.73 Å². The second kappa shape index (κ2) is 5.84. The van der Waals surface area contributed by atoms with E-state index >= 15 is 0 Å². The summed E-state index contributed by atoms with van der Waals surface area (Å²) in [6.07, 6.45) is 3.27. The molecular formula is C17H14N4O2. The van der Waals surface area contributed by atoms with Crippen LogP contribution in [0.1, 0.15) is 16.1 Å². The van der Waals surface area contributed by atoms with E-state index in [1.165, 1.54) is 12.1 Å². The molecule has 1 aromatic carbocycles. The molecule has 0 saturated carbocycles. The Kier molecular flexibility index (Phi) is 3.72. The number of nitrogen functional groups attached to an aromatic ring is 1. The van der Waals surface area contributed by atoms with Crippen LogP contribution in [0.5, 0.6) is 0 Å². The minimum Gasteiger partial charge on any atom is -0.478 e. The van der Waals surface area contributed by atoms with Gasteiger partial charge in [0.15, 0.2) is 0 Å². The van der Waals surface area contributed by atoms with Crippen molar-refractivity contribution in [1.82, 2.24) is 15.0 Å². The van der Waals surface area contributed by atoms with Crippen molar-refractivity contribution >= 4 is 11.8 Å². The summed E-state index contributed by atoms with van der Waals surface area (Å²) in [4.78, 5) is 23.9. The van der Waals surface area contributed by atoms with E-state index in [1.54, 1.807) is 24.5 Å². The van der Waals surface area contributed by atoms with Gasteiger partial charge in [-0.1, -0.05) is 12.1 Å². The molecule has 6 nitrogen and oxygen atoms in total. The summed E-state index contributed by atoms with van der Waals surface area (Å²) in [5.41, 5.74) is 9.77. The largest absolute Gasteiger partial charge is 0.478 e. The molecular weight excluding hydrogens is 292 g/mol. The third kappa shape index (κ3) is 3.01. The highest BCUT2D eigenvalue weighted by atomic mass is 16.4. The summed E-state index contributed by atoms with van der Waals surface area (Å²) in [5.74, 6) is -0.645. The standard InChI is InChI=1S/C17H14N4O2/c1-10-2-3-13(8-19-10)15-16(18)20-9-14(21-15)11-4-6-12(7-5-11)17(22)23/h2-9H,1H3,(H2,18,20)(H,22,23). The maximum absolute atomic E-state index is 10.9. The Bertz CT molecular complexity index is 859. The van der Waals surface area contributed by atoms with Gasteiger partial charge in [0.2, 0.25) is 0 Å². The lowest BCUT2D eigenvalue weighted by Gasteiger charge is -2.07. The van der Waals surface area contributed by atoms with Gasteiger partial charge in [-0.3, -0.25) is 4.98 Å². The SMILES string of the molecule is Cc1ccc(-c2nc(-c3ccc(C(=O)O)cc3)cnc2N)cn1. The Labute approximate surface area is 132 Å². The summed E-state index contributed by atoms with van der Waals surface area (Å²) in [6, 6.07) is 10.2. The van der Waals surface area contributed by atoms with Gasteiger partial charge < -0.3 is 10.8 Å². The van der Waals surface area contributed by atoms with Crippen LogP contribution in [0.25, 0.3) is 22.5 Å². The first-order chi connectivity index (χ1) is 11.0. The van der Waals surface area contributed by atoms with Crippen LogP contribution in [0.4, 0.5) is 5.82 Å². The molecule has 3 N–H and O–H groups in total. The molecule has 0 spiro atoms. The number of rotatable bonds is 3. The zero-order chi connectivity index (χ0) is 16.4. The summed E-state index contributed by atoms with van der Waals surface area (Å²) in [6.45, 7) is 1.90. The molecule has 0 radical (unpaired) electrons. The molecule has 114 valence electrons. The summed E-state index contributed by atoms with van der Waals surface area (Å²) in [5, 5.41) is 8.95. The zero-order valence-electron chi connectivity index (χ0n) is 12.4. The first kappa shape index (κ1) is 14.6. The van der Waals surface area contributed by atoms with Crippen molar-refractivity contribution in [3.63, 3.8) is 0 Å². The Balaban J connectivity index is 2.03. The van der Waals surface area contributed by atoms with Gasteiger partial charge in [-0.05, 0) is 31.2 Å². The topological polar surface area (TPSA) is 102 Å². The van der Waals surface area contributed by atoms with E-state index in [0.29, 0.717) is 17.2 Å². The second-order valence-electron chi connectivity index (χ2n) is 5.06. The fraction of sp³-hybridized carbons (Fsp3) is 0.0588. The van der Waals surface area contributed by atoms with Gasteiger partial charge in [0.1, 0.15) is 11.5 Å². The lowest BCUT2D eigenvalue weighted by molar-refractivity contribution is 0.0697. The molecule has 2 aromatic heterocycles. The number of nitrogens with two attached hydrogens (primary N) is 1. The molecule has 0 aliphatic rings. The average Bonchev–Trinajstić information content (AvgIpc) is 2.56. The first-order valence-corrected chi connectivity index (χ1v) is 6.94. The lowest BCUT2D eigenvalue weighted by Crippen LogP contribution is -2.00. The van der Waals surface area contributed by atoms with Crippen molar-refractivity contribution in [2.45, 2.75) is 6.92 Å². The number of benzene rings is 1. The second-order valence-corrected chi connectivity index (χ2v) is 5.06. The molecule has 0 bridgehead atoms. The first-order valence-electron chi connectivity index (χ1n) is 6.94. The van der Waals surface area contributed by atoms with Crippen LogP contribution in [0.3, 0.4) is 0 Å². The van der Waals surface area contributed by atoms with Crippen LogP contribution >= 0.6 is 0 Å². The minimum atomic E-state index is -0.966. The molecule has 6 heteroatoms. The van der Waals surface area contributed by atoms with Gasteiger partial charge in [-0.25, -0.2) is 14.8 Å². The van der Waals surface area contributed by atoms with E-state index in [4.69, 9.17) is 10.8 Å². The Morgan fingerprint density at radius 1 is 1.00 bits per heavy atom. The number of carboxylic acids is 1. The van der Waals surface area contributed by atoms with Crippen molar-refractivity contribution < 1.29 is 9.90 Å². The van der Waals surface area contributed by atoms with Gasteiger partial charge in [0.05, 0.1) is 17.5 Å². The Morgan fingerprint density at radius 3 is 2.30 bits per heavy atom. The number of aromatic carboxylic acids is 1. The number of aryl methyl sites for hydroxylation is 1. The molecule has 0 aliphatic carbocycles. The number of carbonyl (C=O) groups is 1. The number of aromatic nitrogens is 3. The van der Waals surface area contributed by atoms with E-state index in [9.17, 15) is 4.79 Å². The maximum atomic E-state index is 10.9. The molecule has 0 atom stereocenters. The van der Waals surface area contributed by atoms with E-state index < -0.39 is 5.97 Å². The van der Waals surface area contributed by atoms with Gasteiger partial charge in [-0.15, -0.1) is 0 Å². The highest BCUT2D eigenvalue weighted by Gasteiger charge is 2.10. The molecule has 3 aromatic rings. The van der Waals surface area contributed by atoms with Crippen LogP contribution < -0.4 is 5.73 Å². The van der Waals surface area contributed by atoms with Crippen LogP contribution in [-0.2, 0) is 0 Å². The number of hydrogen-bond donors (Lipinski definition) is 2. The van der Waals surface area contributed by atoms with Crippen LogP contribution in [0.15, 0.2) is 48.8 Å². The molecule has 0 aliphatic heterocycles. The zero-order valence-corrected chi connectivity index (χ0v) is 12.4. The monoisotopic (exact) mass is 306 g/mol. The smallest absolute Gasteiger partial charge is 0.335 e. The van der Waals surface area contributed by atoms with Crippen molar-refractivity contribution in [2.24, 2.45) is 0 Å². The predicted octanol–water partition coefficient (Wildman–Crippen LogP) is 2.79. The Morgan fingerprint density at radius 2 is 1.70 bits per heavy atom. The molecule has 0 fully saturated rings. The van der Waals surface area contributed by atoms with Crippen molar-refractivity contribution in [1.29, 1.82) is 0 Å². The number of anilines is 1. The van der Waals surface area contributed by atoms with E-state index in [2.05, 4.69) is 15.0 Å². The summed E-state index contributed by atoms with van der Waals surface area (Å²) in [7, 11) is 0. The van der Waals surface area contributed by atoms with Crippen molar-refractivity contribution in [3.8, 4) is 22.5 Å². The average molecular weight is 306 g/mol. The van der Waals surface area contributed by atoms with Gasteiger partial charge in [-0.2, -0.15) is 0 Å². The summed E-state index contributed by atoms with van der Waals surface area (Å²) < 4.78 is 0. The lowest BCUT2D eigenvalue weighted by atomic mass is 10.1. The van der Waals surface area contributed by atoms with Gasteiger partial charge >= 0.3 is 5.97 Å². The quantitative estimate of drug-likeness (QED) is 0.771. The number of carboxylic acid groups (broad SMARTS) is 1. The van der Waals surface area contributed by atoms with E-state index in [1.807, 2.05) is 19.1 Å². The normalized spacial score (nSPS) is 10.5. The Hall–Kier alpha value is -3.28. The third-order valence-corrected chi connectivity index (χ3v) is 3.41. The van der Waals surface area contributed by atoms with Gasteiger partial charge in [0.25, 0.3) is 0 Å². The van der Waals surface area contributed by atoms with Gasteiger partial charge in [0, 0.05) is 23.0 Å². The number of hydrogen-bond acceptors (Lipinski definition) is 5. The van der Waals surface area contributed by atoms with E-state index in [-0.39, 0.29) is 5.56 Å². The fourth-order valence-corrected chi connectivity index (χ4v) is 2.14. The molecule has 0 unspecified atom stereocenters. The molecule has 23 heavy (non-hydrogen) atoms. The maximum Gasteiger partial charge on any atom is 0.335 e. The highest BCUT2D eigenvalue weighted by molar-refractivity contribution is 5.88. The molecule has 3 rings (SSSR count). The fourth-order valence-electron chi connectivity index (χ4n) is 2.14. The third-order valence-electron chi connectivity index (χ3n) is 3.41.